The van der Waals surface area contributed by atoms with Crippen LogP contribution in [-0.4, -0.2) is 73.7 Å². The number of ether oxygens (including phenoxy) is 1. The number of alkyl halides is 4. The summed E-state index contributed by atoms with van der Waals surface area (Å²) in [5.74, 6) is -1.76. The molecule has 3 N–H and O–H groups in total. The van der Waals surface area contributed by atoms with Crippen molar-refractivity contribution in [3.63, 3.8) is 0 Å². The van der Waals surface area contributed by atoms with Crippen molar-refractivity contribution in [2.75, 3.05) is 25.9 Å². The first-order valence-electron chi connectivity index (χ1n) is 11.5. The number of nitrogens with zero attached hydrogens (tertiary/aromatic N) is 6. The van der Waals surface area contributed by atoms with E-state index in [1.807, 2.05) is 0 Å². The smallest absolute Gasteiger partial charge is 0.418 e. The molecular weight excluding hydrogens is 524 g/mol. The Hall–Kier alpha value is -4.82. The van der Waals surface area contributed by atoms with Crippen molar-refractivity contribution >= 4 is 23.1 Å². The second kappa shape index (κ2) is 9.81. The van der Waals surface area contributed by atoms with Gasteiger partial charge in [-0.2, -0.15) is 18.3 Å². The highest BCUT2D eigenvalue weighted by atomic mass is 19.4. The van der Waals surface area contributed by atoms with Crippen LogP contribution < -0.4 is 15.8 Å². The van der Waals surface area contributed by atoms with Gasteiger partial charge in [0.05, 0.1) is 36.5 Å². The fourth-order valence-corrected chi connectivity index (χ4v) is 4.39. The normalized spacial score (nSPS) is 17.4. The maximum absolute atomic E-state index is 14.8. The summed E-state index contributed by atoms with van der Waals surface area (Å²) >= 11 is 0. The third kappa shape index (κ3) is 4.78. The Morgan fingerprint density at radius 2 is 1.97 bits per heavy atom. The average Bonchev–Trinajstić information content (AvgIpc) is 3.50. The molecule has 1 aliphatic heterocycles. The van der Waals surface area contributed by atoms with Crippen LogP contribution in [0.5, 0.6) is 5.88 Å². The number of carbonyl (C=O) groups is 2. The van der Waals surface area contributed by atoms with Gasteiger partial charge in [-0.05, 0) is 24.3 Å². The second-order valence-electron chi connectivity index (χ2n) is 8.68. The number of hydrogen-bond acceptors (Lipinski definition) is 8. The van der Waals surface area contributed by atoms with E-state index in [9.17, 15) is 27.2 Å². The molecular formula is C24H20F4N8O3. The zero-order chi connectivity index (χ0) is 27.9. The fourth-order valence-electron chi connectivity index (χ4n) is 4.39. The maximum Gasteiger partial charge on any atom is 0.418 e. The third-order valence-electron chi connectivity index (χ3n) is 6.23. The number of methoxy groups -OCH3 is 1. The average molecular weight is 544 g/mol. The van der Waals surface area contributed by atoms with Gasteiger partial charge in [-0.3, -0.25) is 14.6 Å². The van der Waals surface area contributed by atoms with Gasteiger partial charge in [0.1, 0.15) is 23.6 Å². The van der Waals surface area contributed by atoms with Crippen LogP contribution in [0.1, 0.15) is 26.3 Å². The number of pyridine rings is 2. The molecule has 15 heteroatoms. The number of likely N-dealkylation sites (tertiary alicyclic amines) is 1. The van der Waals surface area contributed by atoms with Crippen molar-refractivity contribution in [3.8, 4) is 17.1 Å². The number of anilines is 1. The van der Waals surface area contributed by atoms with Gasteiger partial charge in [0.2, 0.25) is 5.88 Å². The molecule has 0 saturated carbocycles. The number of aromatic nitrogens is 5. The molecule has 2 amide bonds. The summed E-state index contributed by atoms with van der Waals surface area (Å²) in [5.41, 5.74) is 4.32. The van der Waals surface area contributed by atoms with Gasteiger partial charge in [-0.25, -0.2) is 18.9 Å². The van der Waals surface area contributed by atoms with Crippen molar-refractivity contribution < 1.29 is 31.9 Å². The minimum atomic E-state index is -4.76. The molecule has 4 aromatic rings. The van der Waals surface area contributed by atoms with Gasteiger partial charge in [-0.1, -0.05) is 0 Å². The summed E-state index contributed by atoms with van der Waals surface area (Å²) in [6.07, 6.45) is -1.27. The second-order valence-corrected chi connectivity index (χ2v) is 8.68. The van der Waals surface area contributed by atoms with Crippen molar-refractivity contribution in [1.29, 1.82) is 0 Å². The first kappa shape index (κ1) is 25.8. The Kier molecular flexibility index (Phi) is 6.49. The van der Waals surface area contributed by atoms with E-state index in [0.717, 1.165) is 16.9 Å². The molecule has 0 unspecified atom stereocenters. The number of nitrogen functional groups attached to an aromatic ring is 1. The first-order valence-corrected chi connectivity index (χ1v) is 11.5. The molecule has 0 radical (unpaired) electrons. The molecule has 5 rings (SSSR count). The molecule has 0 aliphatic carbocycles. The lowest BCUT2D eigenvalue weighted by molar-refractivity contribution is -0.136. The highest BCUT2D eigenvalue weighted by Crippen LogP contribution is 2.39. The zero-order valence-electron chi connectivity index (χ0n) is 20.2. The lowest BCUT2D eigenvalue weighted by Crippen LogP contribution is -2.42. The summed E-state index contributed by atoms with van der Waals surface area (Å²) in [5, 5.41) is 6.42. The number of nitrogens with two attached hydrogens (primary N) is 1. The predicted molar refractivity (Wildman–Crippen MR) is 128 cm³/mol. The van der Waals surface area contributed by atoms with Crippen molar-refractivity contribution in [3.05, 3.63) is 65.9 Å². The van der Waals surface area contributed by atoms with Crippen LogP contribution in [0.2, 0.25) is 0 Å². The molecule has 2 atom stereocenters. The minimum Gasteiger partial charge on any atom is -0.480 e. The summed E-state index contributed by atoms with van der Waals surface area (Å²) in [7, 11) is 1.25. The van der Waals surface area contributed by atoms with Crippen LogP contribution >= 0.6 is 0 Å². The molecule has 5 heterocycles. The molecule has 202 valence electrons. The maximum atomic E-state index is 14.8. The summed E-state index contributed by atoms with van der Waals surface area (Å²) in [4.78, 5) is 38.7. The van der Waals surface area contributed by atoms with Crippen molar-refractivity contribution in [1.82, 2.24) is 34.8 Å². The standard InChI is InChI=1S/C24H20F4N8O3/c1-39-22-14(21(37)34-17-10-35(9-16(17)25)23(38)12-3-2-4-30-7-12)5-13(8-31-22)18-6-15(24(26,27)28)19-20(29)32-11-33-36(18)19/h2-8,11,16-17H,9-10H2,1H3,(H,34,37)(H2,29,32,33)/t16-,17+/m0/s1. The van der Waals surface area contributed by atoms with E-state index in [1.54, 1.807) is 12.1 Å². The van der Waals surface area contributed by atoms with Crippen molar-refractivity contribution in [2.45, 2.75) is 18.4 Å². The topological polar surface area (TPSA) is 141 Å². The van der Waals surface area contributed by atoms with Crippen LogP contribution in [0.3, 0.4) is 0 Å². The van der Waals surface area contributed by atoms with Gasteiger partial charge in [0.25, 0.3) is 11.8 Å². The number of halogens is 4. The number of rotatable bonds is 5. The molecule has 11 nitrogen and oxygen atoms in total. The van der Waals surface area contributed by atoms with E-state index >= 15 is 0 Å². The highest BCUT2D eigenvalue weighted by Gasteiger charge is 2.38. The third-order valence-corrected chi connectivity index (χ3v) is 6.23. The fraction of sp³-hybridized carbons (Fsp3) is 0.250. The molecule has 1 aliphatic rings. The Bertz CT molecular complexity index is 1560. The Labute approximate surface area is 217 Å². The summed E-state index contributed by atoms with van der Waals surface area (Å²) < 4.78 is 62.1. The van der Waals surface area contributed by atoms with E-state index < -0.39 is 41.3 Å². The zero-order valence-corrected chi connectivity index (χ0v) is 20.2. The van der Waals surface area contributed by atoms with E-state index in [2.05, 4.69) is 25.4 Å². The minimum absolute atomic E-state index is 0.0619. The van der Waals surface area contributed by atoms with Crippen LogP contribution in [0.4, 0.5) is 23.4 Å². The highest BCUT2D eigenvalue weighted by molar-refractivity contribution is 5.98. The van der Waals surface area contributed by atoms with Crippen molar-refractivity contribution in [2.24, 2.45) is 0 Å². The molecule has 0 bridgehead atoms. The van der Waals surface area contributed by atoms with Gasteiger partial charge < -0.3 is 20.7 Å². The summed E-state index contributed by atoms with van der Waals surface area (Å²) in [6, 6.07) is 4.15. The summed E-state index contributed by atoms with van der Waals surface area (Å²) in [6.45, 7) is -0.351. The lowest BCUT2D eigenvalue weighted by Gasteiger charge is -2.17. The molecule has 0 aromatic carbocycles. The van der Waals surface area contributed by atoms with Gasteiger partial charge in [0, 0.05) is 30.7 Å². The SMILES string of the molecule is COc1ncc(-c2cc(C(F)(F)F)c3c(N)ncnn23)cc1C(=O)N[C@@H]1CN(C(=O)c2cccnc2)C[C@@H]1F. The van der Waals surface area contributed by atoms with Crippen LogP contribution in [0.25, 0.3) is 16.8 Å². The van der Waals surface area contributed by atoms with E-state index in [1.165, 1.54) is 36.7 Å². The number of fused-ring (bicyclic) bond motifs is 1. The van der Waals surface area contributed by atoms with E-state index in [-0.39, 0.29) is 47.2 Å². The predicted octanol–water partition coefficient (Wildman–Crippen LogP) is 2.39. The van der Waals surface area contributed by atoms with E-state index in [4.69, 9.17) is 10.5 Å². The molecule has 1 saturated heterocycles. The number of carbonyl (C=O) groups excluding carboxylic acids is 2. The van der Waals surface area contributed by atoms with Gasteiger partial charge in [0.15, 0.2) is 5.82 Å². The van der Waals surface area contributed by atoms with Gasteiger partial charge >= 0.3 is 6.18 Å². The Morgan fingerprint density at radius 3 is 2.67 bits per heavy atom. The van der Waals surface area contributed by atoms with Crippen LogP contribution in [0, 0.1) is 0 Å². The van der Waals surface area contributed by atoms with Crippen LogP contribution in [0.15, 0.2) is 49.2 Å². The number of nitrogens with one attached hydrogen (secondary N) is 1. The van der Waals surface area contributed by atoms with Crippen LogP contribution in [-0.2, 0) is 6.18 Å². The number of amides is 2. The Morgan fingerprint density at radius 1 is 1.18 bits per heavy atom. The lowest BCUT2D eigenvalue weighted by atomic mass is 10.1. The quantitative estimate of drug-likeness (QED) is 0.365. The molecule has 0 spiro atoms. The molecule has 4 aromatic heterocycles. The monoisotopic (exact) mass is 544 g/mol. The van der Waals surface area contributed by atoms with Gasteiger partial charge in [-0.15, -0.1) is 0 Å². The van der Waals surface area contributed by atoms with E-state index in [0.29, 0.717) is 0 Å². The molecule has 39 heavy (non-hydrogen) atoms. The first-order chi connectivity index (χ1) is 18.6. The molecule has 1 fully saturated rings. The largest absolute Gasteiger partial charge is 0.480 e. The number of hydrogen-bond donors (Lipinski definition) is 2. The Balaban J connectivity index is 1.44.